The summed E-state index contributed by atoms with van der Waals surface area (Å²) < 4.78 is 69.4. The number of benzene rings is 2. The minimum absolute atomic E-state index is 0.0262. The van der Waals surface area contributed by atoms with Gasteiger partial charge in [-0.05, 0) is 73.0 Å². The maximum atomic E-state index is 14.2. The predicted molar refractivity (Wildman–Crippen MR) is 153 cm³/mol. The van der Waals surface area contributed by atoms with E-state index in [0.717, 1.165) is 12.5 Å². The number of piperidine rings is 1. The molecular weight excluding hydrogens is 616 g/mol. The molecule has 4 rings (SSSR count). The highest BCUT2D eigenvalue weighted by molar-refractivity contribution is 7.91. The number of nitrogens with one attached hydrogen (secondary N) is 1. The summed E-state index contributed by atoms with van der Waals surface area (Å²) in [5, 5.41) is 2.49. The van der Waals surface area contributed by atoms with E-state index in [9.17, 15) is 31.2 Å². The van der Waals surface area contributed by atoms with Gasteiger partial charge in [0.1, 0.15) is 5.69 Å². The van der Waals surface area contributed by atoms with E-state index in [2.05, 4.69) is 5.32 Å². The molecule has 0 radical (unpaired) electrons. The highest BCUT2D eigenvalue weighted by Gasteiger charge is 2.36. The standard InChI is InChI=1S/C28H29Cl2F3N4O4S/c1-2-42(40,41)25-8-7-19(29)11-18(25)14-35-27(39)17-12-22(28(31,32)33)21(23(30)13-17)16-36-9-3-5-20(15-36)37-10-4-6-24(37)26(34)38/h4,6-8,10-13,20H,2-3,5,9,14-16H2,1H3,(H2,34,38)(H,35,39)/t20-/m0/s1. The second-order valence-corrected chi connectivity index (χ2v) is 13.1. The third-order valence-electron chi connectivity index (χ3n) is 7.23. The van der Waals surface area contributed by atoms with E-state index < -0.39 is 33.4 Å². The molecule has 3 N–H and O–H groups in total. The minimum Gasteiger partial charge on any atom is -0.364 e. The second kappa shape index (κ2) is 12.7. The number of likely N-dealkylation sites (tertiary alicyclic amines) is 1. The van der Waals surface area contributed by atoms with Crippen LogP contribution in [0.1, 0.15) is 63.3 Å². The summed E-state index contributed by atoms with van der Waals surface area (Å²) in [4.78, 5) is 26.5. The Labute approximate surface area is 251 Å². The number of hydrogen-bond acceptors (Lipinski definition) is 5. The molecule has 2 aromatic carbocycles. The Morgan fingerprint density at radius 3 is 2.55 bits per heavy atom. The number of carbonyl (C=O) groups is 2. The molecule has 2 amide bonds. The van der Waals surface area contributed by atoms with Crippen LogP contribution in [-0.2, 0) is 29.1 Å². The fourth-order valence-corrected chi connectivity index (χ4v) is 6.74. The molecule has 0 aliphatic carbocycles. The Hall–Kier alpha value is -3.06. The number of nitrogens with two attached hydrogens (primary N) is 1. The molecule has 1 atom stereocenters. The van der Waals surface area contributed by atoms with E-state index in [-0.39, 0.29) is 56.5 Å². The van der Waals surface area contributed by atoms with Gasteiger partial charge in [0.15, 0.2) is 9.84 Å². The third kappa shape index (κ3) is 7.11. The molecule has 14 heteroatoms. The lowest BCUT2D eigenvalue weighted by Gasteiger charge is -2.35. The van der Waals surface area contributed by atoms with Crippen molar-refractivity contribution in [2.75, 3.05) is 18.8 Å². The Morgan fingerprint density at radius 1 is 1.14 bits per heavy atom. The van der Waals surface area contributed by atoms with Crippen LogP contribution in [0.25, 0.3) is 0 Å². The van der Waals surface area contributed by atoms with Crippen molar-refractivity contribution >= 4 is 44.9 Å². The number of alkyl halides is 3. The summed E-state index contributed by atoms with van der Waals surface area (Å²) in [7, 11) is -3.64. The molecule has 8 nitrogen and oxygen atoms in total. The van der Waals surface area contributed by atoms with Crippen molar-refractivity contribution < 1.29 is 31.2 Å². The van der Waals surface area contributed by atoms with E-state index in [1.165, 1.54) is 31.2 Å². The molecule has 1 aliphatic rings. The molecule has 0 unspecified atom stereocenters. The van der Waals surface area contributed by atoms with E-state index in [4.69, 9.17) is 28.9 Å². The van der Waals surface area contributed by atoms with Crippen molar-refractivity contribution in [2.24, 2.45) is 5.73 Å². The van der Waals surface area contributed by atoms with Crippen LogP contribution in [0.15, 0.2) is 53.6 Å². The van der Waals surface area contributed by atoms with Gasteiger partial charge >= 0.3 is 6.18 Å². The van der Waals surface area contributed by atoms with Gasteiger partial charge in [0.05, 0.1) is 16.2 Å². The lowest BCUT2D eigenvalue weighted by Crippen LogP contribution is -2.37. The van der Waals surface area contributed by atoms with Gasteiger partial charge in [0, 0.05) is 47.5 Å². The molecule has 42 heavy (non-hydrogen) atoms. The summed E-state index contributed by atoms with van der Waals surface area (Å²) in [5.74, 6) is -1.64. The van der Waals surface area contributed by atoms with Crippen LogP contribution in [0.5, 0.6) is 0 Å². The molecule has 1 saturated heterocycles. The van der Waals surface area contributed by atoms with Crippen LogP contribution in [0, 0.1) is 0 Å². The minimum atomic E-state index is -4.81. The number of hydrogen-bond donors (Lipinski definition) is 2. The fraction of sp³-hybridized carbons (Fsp3) is 0.357. The van der Waals surface area contributed by atoms with Crippen LogP contribution >= 0.6 is 23.2 Å². The van der Waals surface area contributed by atoms with Crippen molar-refractivity contribution in [3.63, 3.8) is 0 Å². The molecule has 1 fully saturated rings. The molecular formula is C28H29Cl2F3N4O4S. The summed E-state index contributed by atoms with van der Waals surface area (Å²) in [6, 6.07) is 9.15. The molecule has 226 valence electrons. The number of sulfone groups is 1. The number of nitrogens with zero attached hydrogens (tertiary/aromatic N) is 2. The van der Waals surface area contributed by atoms with Gasteiger partial charge in [-0.15, -0.1) is 0 Å². The van der Waals surface area contributed by atoms with E-state index >= 15 is 0 Å². The Balaban J connectivity index is 1.57. The van der Waals surface area contributed by atoms with Crippen molar-refractivity contribution in [2.45, 2.75) is 50.0 Å². The zero-order chi connectivity index (χ0) is 30.8. The summed E-state index contributed by atoms with van der Waals surface area (Å²) in [5.41, 5.74) is 4.45. The van der Waals surface area contributed by atoms with E-state index in [1.54, 1.807) is 22.9 Å². The highest BCUT2D eigenvalue weighted by Crippen LogP contribution is 2.38. The first-order valence-corrected chi connectivity index (χ1v) is 15.5. The van der Waals surface area contributed by atoms with Crippen LogP contribution in [0.3, 0.4) is 0 Å². The van der Waals surface area contributed by atoms with Crippen LogP contribution < -0.4 is 11.1 Å². The molecule has 0 spiro atoms. The van der Waals surface area contributed by atoms with Crippen LogP contribution in [0.2, 0.25) is 10.0 Å². The van der Waals surface area contributed by atoms with Gasteiger partial charge in [-0.3, -0.25) is 14.5 Å². The average molecular weight is 646 g/mol. The maximum absolute atomic E-state index is 14.2. The largest absolute Gasteiger partial charge is 0.416 e. The monoisotopic (exact) mass is 644 g/mol. The topological polar surface area (TPSA) is 114 Å². The van der Waals surface area contributed by atoms with E-state index in [0.29, 0.717) is 25.2 Å². The normalized spacial score (nSPS) is 16.4. The molecule has 2 heterocycles. The molecule has 0 bridgehead atoms. The number of halogens is 5. The molecule has 1 aliphatic heterocycles. The third-order valence-corrected chi connectivity index (χ3v) is 9.63. The fourth-order valence-electron chi connectivity index (χ4n) is 5.15. The Kier molecular flexibility index (Phi) is 9.61. The lowest BCUT2D eigenvalue weighted by molar-refractivity contribution is -0.138. The van der Waals surface area contributed by atoms with Gasteiger partial charge in [0.25, 0.3) is 11.8 Å². The zero-order valence-electron chi connectivity index (χ0n) is 22.5. The van der Waals surface area contributed by atoms with E-state index in [1.807, 2.05) is 4.90 Å². The first kappa shape index (κ1) is 31.9. The Morgan fingerprint density at radius 2 is 1.88 bits per heavy atom. The maximum Gasteiger partial charge on any atom is 0.416 e. The number of primary amides is 1. The van der Waals surface area contributed by atoms with Crippen LogP contribution in [-0.4, -0.2) is 48.5 Å². The predicted octanol–water partition coefficient (Wildman–Crippen LogP) is 5.47. The quantitative estimate of drug-likeness (QED) is 0.320. The van der Waals surface area contributed by atoms with Crippen molar-refractivity contribution in [1.82, 2.24) is 14.8 Å². The molecule has 0 saturated carbocycles. The van der Waals surface area contributed by atoms with Crippen molar-refractivity contribution in [3.8, 4) is 0 Å². The van der Waals surface area contributed by atoms with Crippen molar-refractivity contribution in [3.05, 3.63) is 86.7 Å². The van der Waals surface area contributed by atoms with Gasteiger partial charge < -0.3 is 15.6 Å². The summed E-state index contributed by atoms with van der Waals surface area (Å²) in [6.07, 6.45) is -1.68. The average Bonchev–Trinajstić information content (AvgIpc) is 3.43. The summed E-state index contributed by atoms with van der Waals surface area (Å²) >= 11 is 12.4. The molecule has 3 aromatic rings. The number of carbonyl (C=O) groups excluding carboxylic acids is 2. The number of rotatable bonds is 9. The number of amides is 2. The SMILES string of the molecule is CCS(=O)(=O)c1ccc(Cl)cc1CNC(=O)c1cc(Cl)c(CN2CCC[C@H](n3cccc3C(N)=O)C2)c(C(F)(F)F)c1. The van der Waals surface area contributed by atoms with Gasteiger partial charge in [-0.1, -0.05) is 30.1 Å². The zero-order valence-corrected chi connectivity index (χ0v) is 24.9. The van der Waals surface area contributed by atoms with Crippen molar-refractivity contribution in [1.29, 1.82) is 0 Å². The lowest BCUT2D eigenvalue weighted by atomic mass is 9.99. The van der Waals surface area contributed by atoms with Gasteiger partial charge in [0.2, 0.25) is 0 Å². The van der Waals surface area contributed by atoms with Crippen LogP contribution in [0.4, 0.5) is 13.2 Å². The van der Waals surface area contributed by atoms with Gasteiger partial charge in [-0.25, -0.2) is 8.42 Å². The van der Waals surface area contributed by atoms with Gasteiger partial charge in [-0.2, -0.15) is 13.2 Å². The second-order valence-electron chi connectivity index (χ2n) is 10.0. The smallest absolute Gasteiger partial charge is 0.364 e. The summed E-state index contributed by atoms with van der Waals surface area (Å²) in [6.45, 7) is 1.95. The highest BCUT2D eigenvalue weighted by atomic mass is 35.5. The molecule has 1 aromatic heterocycles. The number of aromatic nitrogens is 1. The first-order valence-electron chi connectivity index (χ1n) is 13.1. The Bertz CT molecular complexity index is 1610. The first-order chi connectivity index (χ1) is 19.7.